The van der Waals surface area contributed by atoms with Gasteiger partial charge in [0.2, 0.25) is 11.8 Å². The van der Waals surface area contributed by atoms with Crippen LogP contribution in [0.5, 0.6) is 0 Å². The van der Waals surface area contributed by atoms with Gasteiger partial charge in [0.1, 0.15) is 0 Å². The summed E-state index contributed by atoms with van der Waals surface area (Å²) in [5.74, 6) is -0.490. The standard InChI is InChI=1S/C20H20Cl2N2O2/c21-17-9-8-16(12-18(17)22)24-13-15(11-19(24)25)20(26)23-10-4-7-14-5-2-1-3-6-14/h1-3,5-6,8-9,12,15H,4,7,10-11,13H2,(H,23,26). The molecule has 3 rings (SSSR count). The molecular weight excluding hydrogens is 371 g/mol. The van der Waals surface area contributed by atoms with Gasteiger partial charge in [0.05, 0.1) is 16.0 Å². The molecule has 0 spiro atoms. The van der Waals surface area contributed by atoms with Crippen LogP contribution < -0.4 is 10.2 Å². The van der Waals surface area contributed by atoms with Crippen molar-refractivity contribution >= 4 is 40.7 Å². The van der Waals surface area contributed by atoms with E-state index < -0.39 is 0 Å². The van der Waals surface area contributed by atoms with Gasteiger partial charge in [-0.05, 0) is 36.6 Å². The lowest BCUT2D eigenvalue weighted by atomic mass is 10.1. The fourth-order valence-electron chi connectivity index (χ4n) is 3.08. The van der Waals surface area contributed by atoms with Crippen LogP contribution in [-0.4, -0.2) is 24.9 Å². The number of carbonyl (C=O) groups excluding carboxylic acids is 2. The molecule has 4 nitrogen and oxygen atoms in total. The normalized spacial score (nSPS) is 16.8. The molecule has 2 amide bonds. The summed E-state index contributed by atoms with van der Waals surface area (Å²) >= 11 is 11.9. The minimum atomic E-state index is -0.339. The first kappa shape index (κ1) is 18.7. The number of hydrogen-bond acceptors (Lipinski definition) is 2. The van der Waals surface area contributed by atoms with Crippen molar-refractivity contribution in [2.75, 3.05) is 18.0 Å². The van der Waals surface area contributed by atoms with Crippen LogP contribution in [0.1, 0.15) is 18.4 Å². The number of aryl methyl sites for hydroxylation is 1. The van der Waals surface area contributed by atoms with Crippen molar-refractivity contribution in [2.45, 2.75) is 19.3 Å². The number of anilines is 1. The van der Waals surface area contributed by atoms with E-state index in [1.54, 1.807) is 23.1 Å². The number of halogens is 2. The number of carbonyl (C=O) groups is 2. The molecule has 26 heavy (non-hydrogen) atoms. The maximum Gasteiger partial charge on any atom is 0.227 e. The summed E-state index contributed by atoms with van der Waals surface area (Å²) in [6.07, 6.45) is 2.00. The average molecular weight is 391 g/mol. The molecule has 0 bridgehead atoms. The lowest BCUT2D eigenvalue weighted by Crippen LogP contribution is -2.33. The van der Waals surface area contributed by atoms with Gasteiger partial charge in [0.15, 0.2) is 0 Å². The van der Waals surface area contributed by atoms with Crippen molar-refractivity contribution in [3.63, 3.8) is 0 Å². The first-order valence-electron chi connectivity index (χ1n) is 8.61. The molecular formula is C20H20Cl2N2O2. The average Bonchev–Trinajstić information content (AvgIpc) is 3.04. The summed E-state index contributed by atoms with van der Waals surface area (Å²) in [7, 11) is 0. The molecule has 1 atom stereocenters. The van der Waals surface area contributed by atoms with Crippen LogP contribution in [0, 0.1) is 5.92 Å². The zero-order valence-corrected chi connectivity index (χ0v) is 15.8. The first-order chi connectivity index (χ1) is 12.5. The Labute approximate surface area is 163 Å². The highest BCUT2D eigenvalue weighted by Gasteiger charge is 2.35. The van der Waals surface area contributed by atoms with Crippen LogP contribution in [0.25, 0.3) is 0 Å². The van der Waals surface area contributed by atoms with Crippen molar-refractivity contribution in [1.29, 1.82) is 0 Å². The maximum atomic E-state index is 12.4. The van der Waals surface area contributed by atoms with E-state index in [2.05, 4.69) is 17.4 Å². The summed E-state index contributed by atoms with van der Waals surface area (Å²) in [5, 5.41) is 3.78. The minimum Gasteiger partial charge on any atom is -0.356 e. The molecule has 1 fully saturated rings. The fraction of sp³-hybridized carbons (Fsp3) is 0.300. The number of hydrogen-bond donors (Lipinski definition) is 1. The van der Waals surface area contributed by atoms with E-state index in [1.807, 2.05) is 18.2 Å². The van der Waals surface area contributed by atoms with Crippen LogP contribution in [-0.2, 0) is 16.0 Å². The Morgan fingerprint density at radius 1 is 1.12 bits per heavy atom. The number of benzene rings is 2. The molecule has 0 aliphatic carbocycles. The van der Waals surface area contributed by atoms with Crippen molar-refractivity contribution in [3.8, 4) is 0 Å². The van der Waals surface area contributed by atoms with E-state index in [4.69, 9.17) is 23.2 Å². The van der Waals surface area contributed by atoms with Gasteiger partial charge < -0.3 is 10.2 Å². The number of rotatable bonds is 6. The van der Waals surface area contributed by atoms with E-state index >= 15 is 0 Å². The predicted octanol–water partition coefficient (Wildman–Crippen LogP) is 4.10. The van der Waals surface area contributed by atoms with Crippen molar-refractivity contribution in [3.05, 3.63) is 64.1 Å². The smallest absolute Gasteiger partial charge is 0.227 e. The van der Waals surface area contributed by atoms with Gasteiger partial charge in [-0.1, -0.05) is 53.5 Å². The summed E-state index contributed by atoms with van der Waals surface area (Å²) < 4.78 is 0. The molecule has 1 saturated heterocycles. The summed E-state index contributed by atoms with van der Waals surface area (Å²) in [6, 6.07) is 15.2. The van der Waals surface area contributed by atoms with Gasteiger partial charge in [-0.3, -0.25) is 9.59 Å². The highest BCUT2D eigenvalue weighted by atomic mass is 35.5. The largest absolute Gasteiger partial charge is 0.356 e. The molecule has 1 aliphatic rings. The van der Waals surface area contributed by atoms with Gasteiger partial charge in [-0.2, -0.15) is 0 Å². The van der Waals surface area contributed by atoms with Crippen LogP contribution in [0.3, 0.4) is 0 Å². The second kappa shape index (κ2) is 8.56. The van der Waals surface area contributed by atoms with Crippen molar-refractivity contribution < 1.29 is 9.59 Å². The van der Waals surface area contributed by atoms with Gasteiger partial charge >= 0.3 is 0 Å². The van der Waals surface area contributed by atoms with Gasteiger partial charge in [-0.15, -0.1) is 0 Å². The SMILES string of the molecule is O=C(NCCCc1ccccc1)C1CC(=O)N(c2ccc(Cl)c(Cl)c2)C1. The molecule has 2 aromatic rings. The highest BCUT2D eigenvalue weighted by Crippen LogP contribution is 2.31. The Hall–Kier alpha value is -2.04. The lowest BCUT2D eigenvalue weighted by molar-refractivity contribution is -0.126. The molecule has 0 radical (unpaired) electrons. The molecule has 136 valence electrons. The molecule has 1 unspecified atom stereocenters. The number of amides is 2. The Morgan fingerprint density at radius 2 is 1.88 bits per heavy atom. The Morgan fingerprint density at radius 3 is 2.62 bits per heavy atom. The molecule has 1 N–H and O–H groups in total. The Kier molecular flexibility index (Phi) is 6.17. The van der Waals surface area contributed by atoms with Crippen LogP contribution in [0.2, 0.25) is 10.0 Å². The maximum absolute atomic E-state index is 12.4. The molecule has 6 heteroatoms. The second-order valence-corrected chi connectivity index (χ2v) is 7.20. The fourth-order valence-corrected chi connectivity index (χ4v) is 3.37. The van der Waals surface area contributed by atoms with Crippen LogP contribution >= 0.6 is 23.2 Å². The molecule has 0 aromatic heterocycles. The third-order valence-corrected chi connectivity index (χ3v) is 5.23. The monoisotopic (exact) mass is 390 g/mol. The third kappa shape index (κ3) is 4.57. The molecule has 2 aromatic carbocycles. The van der Waals surface area contributed by atoms with Crippen molar-refractivity contribution in [2.24, 2.45) is 5.92 Å². The van der Waals surface area contributed by atoms with Gasteiger partial charge in [0.25, 0.3) is 0 Å². The second-order valence-electron chi connectivity index (χ2n) is 6.38. The lowest BCUT2D eigenvalue weighted by Gasteiger charge is -2.17. The van der Waals surface area contributed by atoms with Crippen LogP contribution in [0.15, 0.2) is 48.5 Å². The molecule has 0 saturated carbocycles. The Bertz CT molecular complexity index is 796. The zero-order valence-electron chi connectivity index (χ0n) is 14.3. The Balaban J connectivity index is 1.49. The summed E-state index contributed by atoms with van der Waals surface area (Å²) in [6.45, 7) is 0.965. The number of nitrogens with zero attached hydrogens (tertiary/aromatic N) is 1. The third-order valence-electron chi connectivity index (χ3n) is 4.49. The molecule has 1 heterocycles. The van der Waals surface area contributed by atoms with E-state index in [-0.39, 0.29) is 24.2 Å². The van der Waals surface area contributed by atoms with Crippen molar-refractivity contribution in [1.82, 2.24) is 5.32 Å². The highest BCUT2D eigenvalue weighted by molar-refractivity contribution is 6.42. The summed E-state index contributed by atoms with van der Waals surface area (Å²) in [5.41, 5.74) is 1.92. The van der Waals surface area contributed by atoms with Crippen LogP contribution in [0.4, 0.5) is 5.69 Å². The topological polar surface area (TPSA) is 49.4 Å². The minimum absolute atomic E-state index is 0.0750. The first-order valence-corrected chi connectivity index (χ1v) is 9.37. The van der Waals surface area contributed by atoms with Gasteiger partial charge in [0, 0.05) is 25.2 Å². The summed E-state index contributed by atoms with van der Waals surface area (Å²) in [4.78, 5) is 26.2. The molecule has 1 aliphatic heterocycles. The van der Waals surface area contributed by atoms with E-state index in [1.165, 1.54) is 5.56 Å². The van der Waals surface area contributed by atoms with Gasteiger partial charge in [-0.25, -0.2) is 0 Å². The quantitative estimate of drug-likeness (QED) is 0.754. The van der Waals surface area contributed by atoms with E-state index in [0.717, 1.165) is 12.8 Å². The number of nitrogens with one attached hydrogen (secondary N) is 1. The van der Waals surface area contributed by atoms with E-state index in [0.29, 0.717) is 28.8 Å². The zero-order chi connectivity index (χ0) is 18.5. The van der Waals surface area contributed by atoms with E-state index in [9.17, 15) is 9.59 Å². The predicted molar refractivity (Wildman–Crippen MR) is 105 cm³/mol.